The zero-order valence-electron chi connectivity index (χ0n) is 17.2. The van der Waals surface area contributed by atoms with Crippen LogP contribution >= 0.6 is 0 Å². The maximum Gasteiger partial charge on any atom is 0.340 e. The lowest BCUT2D eigenvalue weighted by atomic mass is 9.94. The first kappa shape index (κ1) is 19.1. The fourth-order valence-electron chi connectivity index (χ4n) is 4.30. The van der Waals surface area contributed by atoms with Crippen molar-refractivity contribution in [1.29, 1.82) is 0 Å². The van der Waals surface area contributed by atoms with Crippen LogP contribution in [0.15, 0.2) is 42.5 Å². The van der Waals surface area contributed by atoms with Crippen molar-refractivity contribution in [3.05, 3.63) is 76.0 Å². The van der Waals surface area contributed by atoms with Crippen molar-refractivity contribution in [2.75, 3.05) is 6.61 Å². The molecule has 0 amide bonds. The molecule has 148 valence electrons. The highest BCUT2D eigenvalue weighted by molar-refractivity contribution is 6.15. The lowest BCUT2D eigenvalue weighted by Gasteiger charge is -2.12. The van der Waals surface area contributed by atoms with Crippen LogP contribution in [0.25, 0.3) is 21.7 Å². The van der Waals surface area contributed by atoms with Crippen LogP contribution in [-0.2, 0) is 11.2 Å². The summed E-state index contributed by atoms with van der Waals surface area (Å²) in [7, 11) is 0. The van der Waals surface area contributed by atoms with E-state index in [1.54, 1.807) is 13.0 Å². The summed E-state index contributed by atoms with van der Waals surface area (Å²) in [6, 6.07) is 13.6. The highest BCUT2D eigenvalue weighted by atomic mass is 16.5. The van der Waals surface area contributed by atoms with Gasteiger partial charge in [0.15, 0.2) is 0 Å². The number of rotatable bonds is 4. The van der Waals surface area contributed by atoms with E-state index in [-0.39, 0.29) is 11.7 Å². The normalized spacial score (nSPS) is 11.3. The van der Waals surface area contributed by atoms with Gasteiger partial charge in [0.05, 0.1) is 17.7 Å². The molecule has 4 aromatic rings. The number of aromatic hydroxyl groups is 1. The Labute approximate surface area is 170 Å². The van der Waals surface area contributed by atoms with E-state index in [9.17, 15) is 9.90 Å². The molecule has 4 rings (SSSR count). The van der Waals surface area contributed by atoms with E-state index in [1.807, 2.05) is 24.3 Å². The first-order valence-electron chi connectivity index (χ1n) is 9.89. The summed E-state index contributed by atoms with van der Waals surface area (Å²) in [5.41, 5.74) is 6.97. The zero-order chi connectivity index (χ0) is 20.7. The standard InChI is InChI=1S/C25H25NO3/c1-5-29-25(28)23-20-13-22(27)17-8-6-7-9-18(17)24(20)26-21(23)12-19-15(3)10-14(2)11-16(19)4/h6-11,13,26-27H,5,12H2,1-4H3. The van der Waals surface area contributed by atoms with Crippen molar-refractivity contribution in [2.45, 2.75) is 34.1 Å². The number of phenols is 1. The topological polar surface area (TPSA) is 62.3 Å². The van der Waals surface area contributed by atoms with Gasteiger partial charge in [-0.05, 0) is 50.5 Å². The van der Waals surface area contributed by atoms with Crippen LogP contribution in [0.3, 0.4) is 0 Å². The fourth-order valence-corrected chi connectivity index (χ4v) is 4.30. The summed E-state index contributed by atoms with van der Waals surface area (Å²) >= 11 is 0. The Hall–Kier alpha value is -3.27. The average molecular weight is 387 g/mol. The first-order valence-corrected chi connectivity index (χ1v) is 9.89. The minimum absolute atomic E-state index is 0.159. The third kappa shape index (κ3) is 3.25. The minimum atomic E-state index is -0.370. The van der Waals surface area contributed by atoms with Gasteiger partial charge in [0.25, 0.3) is 0 Å². The number of fused-ring (bicyclic) bond motifs is 3. The van der Waals surface area contributed by atoms with E-state index >= 15 is 0 Å². The molecule has 0 unspecified atom stereocenters. The molecule has 0 saturated carbocycles. The zero-order valence-corrected chi connectivity index (χ0v) is 17.2. The number of carbonyl (C=O) groups excluding carboxylic acids is 1. The number of aromatic amines is 1. The number of carbonyl (C=O) groups is 1. The molecule has 0 atom stereocenters. The average Bonchev–Trinajstić information content (AvgIpc) is 3.03. The maximum absolute atomic E-state index is 12.9. The predicted octanol–water partition coefficient (Wildman–Crippen LogP) is 5.72. The lowest BCUT2D eigenvalue weighted by Crippen LogP contribution is -2.08. The number of hydrogen-bond acceptors (Lipinski definition) is 3. The van der Waals surface area contributed by atoms with E-state index < -0.39 is 0 Å². The number of hydrogen-bond donors (Lipinski definition) is 2. The summed E-state index contributed by atoms with van der Waals surface area (Å²) in [4.78, 5) is 16.4. The number of ether oxygens (including phenoxy) is 1. The van der Waals surface area contributed by atoms with Gasteiger partial charge in [-0.1, -0.05) is 42.0 Å². The summed E-state index contributed by atoms with van der Waals surface area (Å²) in [6.07, 6.45) is 0.593. The van der Waals surface area contributed by atoms with E-state index in [0.29, 0.717) is 24.0 Å². The fraction of sp³-hybridized carbons (Fsp3) is 0.240. The Balaban J connectivity index is 1.99. The molecule has 29 heavy (non-hydrogen) atoms. The molecule has 2 N–H and O–H groups in total. The maximum atomic E-state index is 12.9. The summed E-state index contributed by atoms with van der Waals surface area (Å²) in [6.45, 7) is 8.39. The van der Waals surface area contributed by atoms with Crippen molar-refractivity contribution >= 4 is 27.6 Å². The van der Waals surface area contributed by atoms with Gasteiger partial charge in [-0.2, -0.15) is 0 Å². The predicted molar refractivity (Wildman–Crippen MR) is 117 cm³/mol. The third-order valence-corrected chi connectivity index (χ3v) is 5.54. The lowest BCUT2D eigenvalue weighted by molar-refractivity contribution is 0.0527. The summed E-state index contributed by atoms with van der Waals surface area (Å²) in [5.74, 6) is -0.210. The van der Waals surface area contributed by atoms with Crippen molar-refractivity contribution < 1.29 is 14.6 Å². The Kier molecular flexibility index (Phi) is 4.79. The molecule has 3 aromatic carbocycles. The molecule has 0 aliphatic rings. The number of benzene rings is 3. The number of nitrogens with one attached hydrogen (secondary N) is 1. The number of aryl methyl sites for hydroxylation is 3. The Morgan fingerprint density at radius 1 is 1.00 bits per heavy atom. The molecule has 0 aliphatic heterocycles. The van der Waals surface area contributed by atoms with Gasteiger partial charge in [-0.15, -0.1) is 0 Å². The molecule has 0 fully saturated rings. The van der Waals surface area contributed by atoms with Crippen LogP contribution in [0, 0.1) is 20.8 Å². The van der Waals surface area contributed by atoms with Gasteiger partial charge >= 0.3 is 5.97 Å². The largest absolute Gasteiger partial charge is 0.507 e. The minimum Gasteiger partial charge on any atom is -0.507 e. The van der Waals surface area contributed by atoms with Gasteiger partial charge in [0, 0.05) is 28.3 Å². The highest BCUT2D eigenvalue weighted by Crippen LogP contribution is 2.36. The van der Waals surface area contributed by atoms with Crippen molar-refractivity contribution in [3.63, 3.8) is 0 Å². The Morgan fingerprint density at radius 2 is 1.66 bits per heavy atom. The van der Waals surface area contributed by atoms with Crippen molar-refractivity contribution in [1.82, 2.24) is 4.98 Å². The second-order valence-corrected chi connectivity index (χ2v) is 7.62. The quantitative estimate of drug-likeness (QED) is 0.440. The Bertz CT molecular complexity index is 1230. The van der Waals surface area contributed by atoms with Crippen LogP contribution < -0.4 is 0 Å². The molecule has 0 spiro atoms. The van der Waals surface area contributed by atoms with E-state index in [1.165, 1.54) is 22.3 Å². The molecule has 0 radical (unpaired) electrons. The van der Waals surface area contributed by atoms with Crippen LogP contribution in [-0.4, -0.2) is 22.7 Å². The number of esters is 1. The molecule has 0 bridgehead atoms. The summed E-state index contributed by atoms with van der Waals surface area (Å²) < 4.78 is 5.36. The molecular weight excluding hydrogens is 362 g/mol. The smallest absolute Gasteiger partial charge is 0.340 e. The Morgan fingerprint density at radius 3 is 2.31 bits per heavy atom. The van der Waals surface area contributed by atoms with Crippen LogP contribution in [0.4, 0.5) is 0 Å². The van der Waals surface area contributed by atoms with Gasteiger partial charge in [-0.3, -0.25) is 0 Å². The van der Waals surface area contributed by atoms with Gasteiger partial charge < -0.3 is 14.8 Å². The second kappa shape index (κ2) is 7.28. The molecule has 0 aliphatic carbocycles. The van der Waals surface area contributed by atoms with E-state index in [2.05, 4.69) is 37.9 Å². The van der Waals surface area contributed by atoms with E-state index in [4.69, 9.17) is 4.74 Å². The number of H-pyrrole nitrogens is 1. The number of phenolic OH excluding ortho intramolecular Hbond substituents is 1. The molecular formula is C25H25NO3. The van der Waals surface area contributed by atoms with Crippen LogP contribution in [0.1, 0.15) is 45.2 Å². The molecule has 4 heteroatoms. The van der Waals surface area contributed by atoms with Crippen molar-refractivity contribution in [3.8, 4) is 5.75 Å². The second-order valence-electron chi connectivity index (χ2n) is 7.62. The molecule has 4 nitrogen and oxygen atoms in total. The SMILES string of the molecule is CCOC(=O)c1c(Cc2c(C)cc(C)cc2C)[nH]c2c1cc(O)c1ccccc12. The molecule has 1 heterocycles. The van der Waals surface area contributed by atoms with E-state index in [0.717, 1.165) is 22.0 Å². The first-order chi connectivity index (χ1) is 13.9. The highest BCUT2D eigenvalue weighted by Gasteiger charge is 2.23. The molecule has 1 aromatic heterocycles. The summed E-state index contributed by atoms with van der Waals surface area (Å²) in [5, 5.41) is 12.9. The number of aromatic nitrogens is 1. The van der Waals surface area contributed by atoms with Gasteiger partial charge in [-0.25, -0.2) is 4.79 Å². The van der Waals surface area contributed by atoms with Gasteiger partial charge in [0.2, 0.25) is 0 Å². The van der Waals surface area contributed by atoms with Crippen LogP contribution in [0.2, 0.25) is 0 Å². The molecule has 0 saturated heterocycles. The van der Waals surface area contributed by atoms with Gasteiger partial charge in [0.1, 0.15) is 5.75 Å². The van der Waals surface area contributed by atoms with Crippen molar-refractivity contribution in [2.24, 2.45) is 0 Å². The third-order valence-electron chi connectivity index (χ3n) is 5.54. The monoisotopic (exact) mass is 387 g/mol. The van der Waals surface area contributed by atoms with Crippen LogP contribution in [0.5, 0.6) is 5.75 Å².